The molecule has 0 bridgehead atoms. The van der Waals surface area contributed by atoms with E-state index in [2.05, 4.69) is 39.0 Å². The summed E-state index contributed by atoms with van der Waals surface area (Å²) < 4.78 is 17.2. The Morgan fingerprint density at radius 3 is 2.43 bits per heavy atom. The molecule has 0 spiro atoms. The van der Waals surface area contributed by atoms with Crippen LogP contribution in [-0.2, 0) is 16.6 Å². The van der Waals surface area contributed by atoms with Gasteiger partial charge in [0.05, 0.1) is 7.11 Å². The monoisotopic (exact) mass is 496 g/mol. The lowest BCUT2D eigenvalue weighted by atomic mass is 9.87. The van der Waals surface area contributed by atoms with Gasteiger partial charge in [-0.3, -0.25) is 4.79 Å². The number of ether oxygens (including phenoxy) is 3. The molecule has 190 valence electrons. The molecule has 1 amide bonds. The number of hydrogen-bond donors (Lipinski definition) is 0. The number of amides is 1. The number of para-hydroxylation sites is 1. The number of carbonyl (C=O) groups is 1. The fourth-order valence-corrected chi connectivity index (χ4v) is 4.26. The first kappa shape index (κ1) is 25.8. The minimum absolute atomic E-state index is 0.0679. The maximum absolute atomic E-state index is 13.1. The van der Waals surface area contributed by atoms with Crippen LogP contribution in [0, 0.1) is 11.3 Å². The molecule has 0 N–H and O–H groups in total. The summed E-state index contributed by atoms with van der Waals surface area (Å²) in [6.45, 7) is 7.81. The van der Waals surface area contributed by atoms with Crippen LogP contribution in [0.4, 0.5) is 5.69 Å². The van der Waals surface area contributed by atoms with Gasteiger partial charge in [0.1, 0.15) is 30.6 Å². The highest BCUT2D eigenvalue weighted by molar-refractivity contribution is 6.12. The van der Waals surface area contributed by atoms with Crippen LogP contribution in [0.2, 0.25) is 0 Å². The van der Waals surface area contributed by atoms with Gasteiger partial charge in [0.2, 0.25) is 0 Å². The summed E-state index contributed by atoms with van der Waals surface area (Å²) in [5.74, 6) is 1.56. The van der Waals surface area contributed by atoms with Crippen molar-refractivity contribution < 1.29 is 19.0 Å². The summed E-state index contributed by atoms with van der Waals surface area (Å²) in [6.07, 6.45) is 2.37. The van der Waals surface area contributed by atoms with Crippen molar-refractivity contribution in [3.8, 4) is 23.3 Å². The van der Waals surface area contributed by atoms with Crippen molar-refractivity contribution in [1.82, 2.24) is 0 Å². The Kier molecular flexibility index (Phi) is 7.83. The van der Waals surface area contributed by atoms with Gasteiger partial charge in [-0.15, -0.1) is 0 Å². The van der Waals surface area contributed by atoms with Crippen LogP contribution >= 0.6 is 0 Å². The third kappa shape index (κ3) is 6.13. The standard InChI is InChI=1S/C31H32N2O4/c1-31(2,3)25-10-12-26(13-11-25)36-17-18-37-28-14-9-22(20-29(28)35-4)19-24(21-32)30(34)33-16-15-23-7-5-6-8-27(23)33/h5-14,19-20H,15-18H2,1-4H3. The zero-order valence-corrected chi connectivity index (χ0v) is 21.8. The molecular formula is C31H32N2O4. The first-order valence-electron chi connectivity index (χ1n) is 12.4. The number of anilines is 1. The molecule has 0 saturated carbocycles. The largest absolute Gasteiger partial charge is 0.493 e. The Balaban J connectivity index is 1.38. The number of carbonyl (C=O) groups excluding carboxylic acids is 1. The van der Waals surface area contributed by atoms with Crippen molar-refractivity contribution in [2.45, 2.75) is 32.6 Å². The fraction of sp³-hybridized carbons (Fsp3) is 0.290. The highest BCUT2D eigenvalue weighted by Gasteiger charge is 2.26. The van der Waals surface area contributed by atoms with E-state index in [-0.39, 0.29) is 16.9 Å². The normalized spacial score (nSPS) is 13.1. The molecule has 3 aromatic carbocycles. The van der Waals surface area contributed by atoms with Crippen LogP contribution in [-0.4, -0.2) is 32.8 Å². The highest BCUT2D eigenvalue weighted by Crippen LogP contribution is 2.31. The van der Waals surface area contributed by atoms with E-state index < -0.39 is 0 Å². The zero-order chi connectivity index (χ0) is 26.4. The van der Waals surface area contributed by atoms with Crippen molar-refractivity contribution in [1.29, 1.82) is 5.26 Å². The van der Waals surface area contributed by atoms with Crippen LogP contribution in [0.5, 0.6) is 17.2 Å². The molecule has 0 aliphatic carbocycles. The quantitative estimate of drug-likeness (QED) is 0.219. The molecule has 6 heteroatoms. The smallest absolute Gasteiger partial charge is 0.268 e. The lowest BCUT2D eigenvalue weighted by molar-refractivity contribution is -0.114. The van der Waals surface area contributed by atoms with Crippen molar-refractivity contribution in [3.05, 3.63) is 89.0 Å². The summed E-state index contributed by atoms with van der Waals surface area (Å²) in [5, 5.41) is 9.70. The maximum atomic E-state index is 13.1. The lowest BCUT2D eigenvalue weighted by Gasteiger charge is -2.19. The molecule has 4 rings (SSSR count). The maximum Gasteiger partial charge on any atom is 0.268 e. The van der Waals surface area contributed by atoms with E-state index in [1.807, 2.05) is 36.4 Å². The fourth-order valence-electron chi connectivity index (χ4n) is 4.26. The van der Waals surface area contributed by atoms with Gasteiger partial charge in [-0.2, -0.15) is 5.26 Å². The van der Waals surface area contributed by atoms with Crippen molar-refractivity contribution in [2.75, 3.05) is 31.8 Å². The number of methoxy groups -OCH3 is 1. The van der Waals surface area contributed by atoms with Gasteiger partial charge in [0.15, 0.2) is 11.5 Å². The van der Waals surface area contributed by atoms with Gasteiger partial charge in [-0.1, -0.05) is 57.2 Å². The molecule has 1 aliphatic heterocycles. The van der Waals surface area contributed by atoms with Gasteiger partial charge in [-0.25, -0.2) is 0 Å². The number of benzene rings is 3. The van der Waals surface area contributed by atoms with E-state index in [1.165, 1.54) is 5.56 Å². The topological polar surface area (TPSA) is 71.8 Å². The van der Waals surface area contributed by atoms with E-state index in [1.54, 1.807) is 36.3 Å². The van der Waals surface area contributed by atoms with Gasteiger partial charge in [0, 0.05) is 12.2 Å². The minimum atomic E-state index is -0.306. The lowest BCUT2D eigenvalue weighted by Crippen LogP contribution is -2.29. The summed E-state index contributed by atoms with van der Waals surface area (Å²) >= 11 is 0. The number of nitrogens with zero attached hydrogens (tertiary/aromatic N) is 2. The summed E-state index contributed by atoms with van der Waals surface area (Å²) in [7, 11) is 1.56. The van der Waals surface area contributed by atoms with Crippen molar-refractivity contribution in [3.63, 3.8) is 0 Å². The van der Waals surface area contributed by atoms with Crippen LogP contribution in [0.1, 0.15) is 37.5 Å². The molecule has 0 unspecified atom stereocenters. The van der Waals surface area contributed by atoms with E-state index >= 15 is 0 Å². The SMILES string of the molecule is COc1cc(C=C(C#N)C(=O)N2CCc3ccccc32)ccc1OCCOc1ccc(C(C)(C)C)cc1. The molecule has 1 aliphatic rings. The van der Waals surface area contributed by atoms with Crippen LogP contribution in [0.15, 0.2) is 72.3 Å². The van der Waals surface area contributed by atoms with Crippen LogP contribution in [0.25, 0.3) is 6.08 Å². The summed E-state index contributed by atoms with van der Waals surface area (Å²) in [5.41, 5.74) is 4.07. The molecule has 0 radical (unpaired) electrons. The number of fused-ring (bicyclic) bond motifs is 1. The zero-order valence-electron chi connectivity index (χ0n) is 21.8. The van der Waals surface area contributed by atoms with Gasteiger partial charge >= 0.3 is 0 Å². The highest BCUT2D eigenvalue weighted by atomic mass is 16.5. The Morgan fingerprint density at radius 2 is 1.73 bits per heavy atom. The predicted molar refractivity (Wildman–Crippen MR) is 145 cm³/mol. The predicted octanol–water partition coefficient (Wildman–Crippen LogP) is 5.95. The second kappa shape index (κ2) is 11.2. The molecule has 6 nitrogen and oxygen atoms in total. The van der Waals surface area contributed by atoms with E-state index in [9.17, 15) is 10.1 Å². The Hall–Kier alpha value is -4.24. The van der Waals surface area contributed by atoms with Crippen LogP contribution in [0.3, 0.4) is 0 Å². The molecule has 37 heavy (non-hydrogen) atoms. The summed E-state index contributed by atoms with van der Waals surface area (Å²) in [6, 6.07) is 23.3. The molecule has 0 fully saturated rings. The molecule has 1 heterocycles. The van der Waals surface area contributed by atoms with Crippen molar-refractivity contribution in [2.24, 2.45) is 0 Å². The second-order valence-corrected chi connectivity index (χ2v) is 9.89. The average molecular weight is 497 g/mol. The average Bonchev–Trinajstić information content (AvgIpc) is 3.33. The molecular weight excluding hydrogens is 464 g/mol. The molecule has 0 saturated heterocycles. The Labute approximate surface area is 218 Å². The molecule has 0 aromatic heterocycles. The minimum Gasteiger partial charge on any atom is -0.493 e. The summed E-state index contributed by atoms with van der Waals surface area (Å²) in [4.78, 5) is 14.8. The van der Waals surface area contributed by atoms with Gasteiger partial charge in [-0.05, 0) is 64.9 Å². The third-order valence-corrected chi connectivity index (χ3v) is 6.31. The first-order valence-corrected chi connectivity index (χ1v) is 12.4. The number of rotatable bonds is 8. The second-order valence-electron chi connectivity index (χ2n) is 9.89. The first-order chi connectivity index (χ1) is 17.8. The molecule has 0 atom stereocenters. The van der Waals surface area contributed by atoms with Crippen molar-refractivity contribution >= 4 is 17.7 Å². The third-order valence-electron chi connectivity index (χ3n) is 6.31. The molecule has 3 aromatic rings. The number of hydrogen-bond acceptors (Lipinski definition) is 5. The Morgan fingerprint density at radius 1 is 1.00 bits per heavy atom. The van der Waals surface area contributed by atoms with E-state index in [0.717, 1.165) is 23.4 Å². The number of nitriles is 1. The van der Waals surface area contributed by atoms with Gasteiger partial charge in [0.25, 0.3) is 5.91 Å². The van der Waals surface area contributed by atoms with E-state index in [4.69, 9.17) is 14.2 Å². The van der Waals surface area contributed by atoms with Crippen LogP contribution < -0.4 is 19.1 Å². The van der Waals surface area contributed by atoms with Gasteiger partial charge < -0.3 is 19.1 Å². The Bertz CT molecular complexity index is 1330. The van der Waals surface area contributed by atoms with E-state index in [0.29, 0.717) is 36.8 Å².